The van der Waals surface area contributed by atoms with Crippen molar-refractivity contribution in [3.8, 4) is 22.7 Å². The number of nitrogens with zero attached hydrogens (tertiary/aromatic N) is 4. The van der Waals surface area contributed by atoms with Crippen LogP contribution in [-0.4, -0.2) is 45.5 Å². The van der Waals surface area contributed by atoms with Gasteiger partial charge in [0.2, 0.25) is 0 Å². The summed E-state index contributed by atoms with van der Waals surface area (Å²) in [5.74, 6) is 0.671. The molecule has 1 aromatic heterocycles. The summed E-state index contributed by atoms with van der Waals surface area (Å²) in [6.45, 7) is 6.60. The molecule has 0 saturated carbocycles. The molecule has 0 bridgehead atoms. The van der Waals surface area contributed by atoms with Crippen molar-refractivity contribution in [2.45, 2.75) is 39.5 Å². The fraction of sp³-hybridized carbons (Fsp3) is 0.321. The lowest BCUT2D eigenvalue weighted by atomic mass is 10.0. The van der Waals surface area contributed by atoms with E-state index in [1.807, 2.05) is 72.4 Å². The first kappa shape index (κ1) is 23.4. The summed E-state index contributed by atoms with van der Waals surface area (Å²) in [5, 5.41) is 5.77. The minimum Gasteiger partial charge on any atom is -0.494 e. The first-order chi connectivity index (χ1) is 17.1. The second kappa shape index (κ2) is 10.5. The Morgan fingerprint density at radius 1 is 1.06 bits per heavy atom. The van der Waals surface area contributed by atoms with E-state index in [4.69, 9.17) is 9.84 Å². The van der Waals surface area contributed by atoms with Crippen molar-refractivity contribution in [3.05, 3.63) is 70.8 Å². The van der Waals surface area contributed by atoms with E-state index in [1.54, 1.807) is 0 Å². The molecule has 0 spiro atoms. The molecule has 180 valence electrons. The molecule has 2 aliphatic heterocycles. The average molecular weight is 487 g/mol. The Balaban J connectivity index is 1.51. The summed E-state index contributed by atoms with van der Waals surface area (Å²) < 4.78 is 7.55. The summed E-state index contributed by atoms with van der Waals surface area (Å²) in [7, 11) is 0. The lowest BCUT2D eigenvalue weighted by molar-refractivity contribution is -0.113. The molecule has 3 heterocycles. The number of ether oxygens (including phenoxy) is 1. The number of aliphatic imine (C=N–C) groups is 1. The van der Waals surface area contributed by atoms with E-state index in [1.165, 1.54) is 24.6 Å². The number of hydrogen-bond acceptors (Lipinski definition) is 5. The van der Waals surface area contributed by atoms with Crippen LogP contribution in [-0.2, 0) is 4.79 Å². The smallest absolute Gasteiger partial charge is 0.286 e. The van der Waals surface area contributed by atoms with E-state index in [-0.39, 0.29) is 5.91 Å². The van der Waals surface area contributed by atoms with E-state index in [0.29, 0.717) is 11.5 Å². The standard InChI is InChI=1S/C28H30N4O2S/c1-3-34-23-13-14-24(20(2)17-23)26-21(19-32(30-26)22-11-7-6-8-12-22)18-25-27(33)29-28(35-25)31-15-9-4-5-10-16-31/h6-8,11-14,17-19H,3-5,9-10,15-16H2,1-2H3. The van der Waals surface area contributed by atoms with Crippen molar-refractivity contribution in [1.29, 1.82) is 0 Å². The molecule has 0 unspecified atom stereocenters. The second-order valence-corrected chi connectivity index (χ2v) is 9.84. The topological polar surface area (TPSA) is 59.7 Å². The van der Waals surface area contributed by atoms with Crippen LogP contribution in [0.1, 0.15) is 43.7 Å². The highest BCUT2D eigenvalue weighted by atomic mass is 32.2. The highest BCUT2D eigenvalue weighted by Gasteiger charge is 2.27. The van der Waals surface area contributed by atoms with Crippen molar-refractivity contribution >= 4 is 28.9 Å². The maximum absolute atomic E-state index is 12.9. The van der Waals surface area contributed by atoms with E-state index in [9.17, 15) is 4.79 Å². The van der Waals surface area contributed by atoms with Crippen LogP contribution in [0.15, 0.2) is 64.6 Å². The predicted molar refractivity (Wildman–Crippen MR) is 143 cm³/mol. The maximum Gasteiger partial charge on any atom is 0.286 e. The maximum atomic E-state index is 12.9. The molecular formula is C28H30N4O2S. The summed E-state index contributed by atoms with van der Waals surface area (Å²) in [4.78, 5) is 20.2. The average Bonchev–Trinajstić information content (AvgIpc) is 3.32. The zero-order valence-electron chi connectivity index (χ0n) is 20.2. The third-order valence-electron chi connectivity index (χ3n) is 6.30. The zero-order chi connectivity index (χ0) is 24.2. The molecule has 5 rings (SSSR count). The van der Waals surface area contributed by atoms with Crippen molar-refractivity contribution in [2.75, 3.05) is 19.7 Å². The monoisotopic (exact) mass is 486 g/mol. The van der Waals surface area contributed by atoms with Gasteiger partial charge in [0.15, 0.2) is 5.17 Å². The Hall–Kier alpha value is -3.32. The highest BCUT2D eigenvalue weighted by Crippen LogP contribution is 2.35. The molecule has 2 aliphatic rings. The van der Waals surface area contributed by atoms with Crippen LogP contribution in [0.4, 0.5) is 0 Å². The van der Waals surface area contributed by atoms with Gasteiger partial charge >= 0.3 is 0 Å². The van der Waals surface area contributed by atoms with Gasteiger partial charge in [-0.1, -0.05) is 31.0 Å². The number of rotatable bonds is 5. The number of aryl methyl sites for hydroxylation is 1. The first-order valence-electron chi connectivity index (χ1n) is 12.3. The van der Waals surface area contributed by atoms with Gasteiger partial charge in [0.25, 0.3) is 5.91 Å². The van der Waals surface area contributed by atoms with Gasteiger partial charge in [-0.25, -0.2) is 4.68 Å². The molecule has 7 heteroatoms. The van der Waals surface area contributed by atoms with Crippen molar-refractivity contribution in [3.63, 3.8) is 0 Å². The normalized spacial score (nSPS) is 17.5. The zero-order valence-corrected chi connectivity index (χ0v) is 21.1. The van der Waals surface area contributed by atoms with Gasteiger partial charge in [-0.05, 0) is 80.4 Å². The number of amides is 1. The largest absolute Gasteiger partial charge is 0.494 e. The fourth-order valence-corrected chi connectivity index (χ4v) is 5.47. The summed E-state index contributed by atoms with van der Waals surface area (Å²) in [5.41, 5.74) is 4.77. The van der Waals surface area contributed by atoms with Gasteiger partial charge in [0.05, 0.1) is 17.2 Å². The molecule has 1 saturated heterocycles. The third kappa shape index (κ3) is 5.20. The number of carbonyl (C=O) groups is 1. The van der Waals surface area contributed by atoms with Crippen LogP contribution in [0.5, 0.6) is 5.75 Å². The fourth-order valence-electron chi connectivity index (χ4n) is 4.51. The molecule has 1 amide bonds. The quantitative estimate of drug-likeness (QED) is 0.408. The number of benzene rings is 2. The van der Waals surface area contributed by atoms with Crippen molar-refractivity contribution < 1.29 is 9.53 Å². The van der Waals surface area contributed by atoms with Crippen LogP contribution in [0.3, 0.4) is 0 Å². The number of carbonyl (C=O) groups excluding carboxylic acids is 1. The van der Waals surface area contributed by atoms with E-state index in [0.717, 1.165) is 64.9 Å². The lowest BCUT2D eigenvalue weighted by Crippen LogP contribution is -2.28. The summed E-state index contributed by atoms with van der Waals surface area (Å²) in [6.07, 6.45) is 8.73. The molecule has 3 aromatic rings. The number of likely N-dealkylation sites (tertiary alicyclic amines) is 1. The Morgan fingerprint density at radius 3 is 2.54 bits per heavy atom. The van der Waals surface area contributed by atoms with E-state index < -0.39 is 0 Å². The summed E-state index contributed by atoms with van der Waals surface area (Å²) in [6, 6.07) is 16.1. The summed E-state index contributed by atoms with van der Waals surface area (Å²) >= 11 is 1.48. The van der Waals surface area contributed by atoms with Gasteiger partial charge in [-0.15, -0.1) is 0 Å². The molecule has 0 atom stereocenters. The second-order valence-electron chi connectivity index (χ2n) is 8.83. The van der Waals surface area contributed by atoms with Crippen LogP contribution < -0.4 is 4.74 Å². The van der Waals surface area contributed by atoms with E-state index in [2.05, 4.69) is 16.8 Å². The van der Waals surface area contributed by atoms with Gasteiger partial charge in [0, 0.05) is 30.4 Å². The van der Waals surface area contributed by atoms with Crippen LogP contribution >= 0.6 is 11.8 Å². The molecule has 0 N–H and O–H groups in total. The number of thioether (sulfide) groups is 1. The number of para-hydroxylation sites is 1. The molecule has 35 heavy (non-hydrogen) atoms. The van der Waals surface area contributed by atoms with Gasteiger partial charge in [-0.3, -0.25) is 4.79 Å². The van der Waals surface area contributed by atoms with Crippen LogP contribution in [0.2, 0.25) is 0 Å². The van der Waals surface area contributed by atoms with Crippen molar-refractivity contribution in [2.24, 2.45) is 4.99 Å². The SMILES string of the molecule is CCOc1ccc(-c2nn(-c3ccccc3)cc2C=C2SC(N3CCCCCC3)=NC2=O)c(C)c1. The number of hydrogen-bond donors (Lipinski definition) is 0. The third-order valence-corrected chi connectivity index (χ3v) is 7.34. The molecule has 1 fully saturated rings. The van der Waals surface area contributed by atoms with Gasteiger partial charge < -0.3 is 9.64 Å². The van der Waals surface area contributed by atoms with E-state index >= 15 is 0 Å². The Kier molecular flexibility index (Phi) is 7.04. The molecule has 0 aliphatic carbocycles. The molecule has 2 aromatic carbocycles. The number of amidine groups is 1. The van der Waals surface area contributed by atoms with Gasteiger partial charge in [0.1, 0.15) is 11.4 Å². The first-order valence-corrected chi connectivity index (χ1v) is 13.1. The molecule has 6 nitrogen and oxygen atoms in total. The number of aromatic nitrogens is 2. The Labute approximate surface area is 210 Å². The minimum absolute atomic E-state index is 0.170. The highest BCUT2D eigenvalue weighted by molar-refractivity contribution is 8.18. The van der Waals surface area contributed by atoms with Gasteiger partial charge in [-0.2, -0.15) is 10.1 Å². The Morgan fingerprint density at radius 2 is 1.83 bits per heavy atom. The van der Waals surface area contributed by atoms with Crippen molar-refractivity contribution in [1.82, 2.24) is 14.7 Å². The predicted octanol–water partition coefficient (Wildman–Crippen LogP) is 6.09. The molecule has 0 radical (unpaired) electrons. The molecular weight excluding hydrogens is 456 g/mol. The van der Waals surface area contributed by atoms with Crippen LogP contribution in [0, 0.1) is 6.92 Å². The Bertz CT molecular complexity index is 1270. The lowest BCUT2D eigenvalue weighted by Gasteiger charge is -2.20. The van der Waals surface area contributed by atoms with Crippen LogP contribution in [0.25, 0.3) is 23.0 Å². The minimum atomic E-state index is -0.170.